The fraction of sp³-hybridized carbons (Fsp3) is 0.105. The number of nitrogens with one attached hydrogen (secondary N) is 3. The summed E-state index contributed by atoms with van der Waals surface area (Å²) in [5, 5.41) is 3.72. The number of hydrogen-bond donors (Lipinski definition) is 4. The summed E-state index contributed by atoms with van der Waals surface area (Å²) >= 11 is 5.82. The summed E-state index contributed by atoms with van der Waals surface area (Å²) in [7, 11) is 0. The van der Waals surface area contributed by atoms with Gasteiger partial charge in [0.1, 0.15) is 12.0 Å². The zero-order valence-electron chi connectivity index (χ0n) is 14.9. The molecule has 0 aliphatic rings. The van der Waals surface area contributed by atoms with Crippen LogP contribution in [0, 0.1) is 13.8 Å². The Kier molecular flexibility index (Phi) is 5.42. The van der Waals surface area contributed by atoms with Crippen LogP contribution < -0.4 is 21.9 Å². The van der Waals surface area contributed by atoms with Crippen molar-refractivity contribution in [1.82, 2.24) is 15.4 Å². The van der Waals surface area contributed by atoms with Crippen LogP contribution >= 0.6 is 11.6 Å². The van der Waals surface area contributed by atoms with Crippen molar-refractivity contribution >= 4 is 40.5 Å². The third-order valence-electron chi connectivity index (χ3n) is 4.05. The maximum absolute atomic E-state index is 12.2. The third kappa shape index (κ3) is 4.45. The summed E-state index contributed by atoms with van der Waals surface area (Å²) in [6.45, 7) is 4.08. The van der Waals surface area contributed by atoms with Crippen LogP contribution in [0.25, 0.3) is 0 Å². The molecule has 0 saturated heterocycles. The van der Waals surface area contributed by atoms with Gasteiger partial charge in [-0.05, 0) is 61.4 Å². The van der Waals surface area contributed by atoms with E-state index in [2.05, 4.69) is 26.1 Å². The normalized spacial score (nSPS) is 10.3. The van der Waals surface area contributed by atoms with Crippen molar-refractivity contribution in [1.29, 1.82) is 0 Å². The molecule has 3 rings (SSSR count). The van der Waals surface area contributed by atoms with Gasteiger partial charge in [-0.15, -0.1) is 0 Å². The van der Waals surface area contributed by atoms with Gasteiger partial charge in [0.15, 0.2) is 11.6 Å². The smallest absolute Gasteiger partial charge is 0.269 e. The highest BCUT2D eigenvalue weighted by Gasteiger charge is 2.11. The molecule has 0 aliphatic heterocycles. The number of hydrazine groups is 1. The monoisotopic (exact) mass is 382 g/mol. The Balaban J connectivity index is 1.71. The first-order valence-electron chi connectivity index (χ1n) is 8.20. The Hall–Kier alpha value is -3.32. The minimum Gasteiger partial charge on any atom is -0.393 e. The number of aromatic nitrogens is 2. The van der Waals surface area contributed by atoms with E-state index < -0.39 is 0 Å². The average molecular weight is 383 g/mol. The van der Waals surface area contributed by atoms with E-state index in [4.69, 9.17) is 17.3 Å². The summed E-state index contributed by atoms with van der Waals surface area (Å²) in [6.07, 6.45) is 1.36. The fourth-order valence-corrected chi connectivity index (χ4v) is 2.47. The molecule has 138 valence electrons. The van der Waals surface area contributed by atoms with Crippen LogP contribution in [0.3, 0.4) is 0 Å². The molecule has 0 aliphatic carbocycles. The van der Waals surface area contributed by atoms with Crippen LogP contribution in [0.2, 0.25) is 5.02 Å². The first kappa shape index (κ1) is 18.5. The SMILES string of the molecule is Cc1ccc(Nc2ncnc(NNC(=O)c3ccc(Cl)cc3)c2N)cc1C. The van der Waals surface area contributed by atoms with Crippen LogP contribution in [0.4, 0.5) is 23.0 Å². The van der Waals surface area contributed by atoms with Crippen LogP contribution in [0.5, 0.6) is 0 Å². The van der Waals surface area contributed by atoms with Crippen molar-refractivity contribution in [2.45, 2.75) is 13.8 Å². The molecule has 0 saturated carbocycles. The van der Waals surface area contributed by atoms with Gasteiger partial charge in [-0.3, -0.25) is 15.6 Å². The third-order valence-corrected chi connectivity index (χ3v) is 4.31. The molecular formula is C19H19ClN6O. The second kappa shape index (κ2) is 7.92. The average Bonchev–Trinajstić information content (AvgIpc) is 2.66. The first-order chi connectivity index (χ1) is 12.9. The molecule has 1 amide bonds. The van der Waals surface area contributed by atoms with Gasteiger partial charge in [0.25, 0.3) is 5.91 Å². The predicted molar refractivity (Wildman–Crippen MR) is 108 cm³/mol. The van der Waals surface area contributed by atoms with Gasteiger partial charge >= 0.3 is 0 Å². The fourth-order valence-electron chi connectivity index (χ4n) is 2.34. The quantitative estimate of drug-likeness (QED) is 0.500. The number of rotatable bonds is 5. The predicted octanol–water partition coefficient (Wildman–Crippen LogP) is 3.83. The van der Waals surface area contributed by atoms with Crippen LogP contribution in [0.1, 0.15) is 21.5 Å². The second-order valence-corrected chi connectivity index (χ2v) is 6.43. The van der Waals surface area contributed by atoms with E-state index in [9.17, 15) is 4.79 Å². The molecule has 7 nitrogen and oxygen atoms in total. The molecule has 5 N–H and O–H groups in total. The molecule has 0 spiro atoms. The highest BCUT2D eigenvalue weighted by molar-refractivity contribution is 6.30. The summed E-state index contributed by atoms with van der Waals surface area (Å²) in [5.41, 5.74) is 15.4. The van der Waals surface area contributed by atoms with Gasteiger partial charge < -0.3 is 11.1 Å². The topological polar surface area (TPSA) is 105 Å². The molecule has 27 heavy (non-hydrogen) atoms. The Labute approximate surface area is 162 Å². The van der Waals surface area contributed by atoms with E-state index in [-0.39, 0.29) is 11.6 Å². The molecule has 0 bridgehead atoms. The number of nitrogen functional groups attached to an aromatic ring is 1. The molecule has 2 aromatic carbocycles. The van der Waals surface area contributed by atoms with Gasteiger partial charge in [-0.2, -0.15) is 0 Å². The molecule has 0 fully saturated rings. The van der Waals surface area contributed by atoms with Crippen LogP contribution in [-0.2, 0) is 0 Å². The van der Waals surface area contributed by atoms with Gasteiger partial charge in [-0.25, -0.2) is 9.97 Å². The Morgan fingerprint density at radius 1 is 1.00 bits per heavy atom. The maximum Gasteiger partial charge on any atom is 0.269 e. The summed E-state index contributed by atoms with van der Waals surface area (Å²) in [6, 6.07) is 12.5. The van der Waals surface area contributed by atoms with Crippen molar-refractivity contribution < 1.29 is 4.79 Å². The molecule has 0 radical (unpaired) electrons. The zero-order chi connectivity index (χ0) is 19.4. The number of benzene rings is 2. The van der Waals surface area contributed by atoms with Gasteiger partial charge in [0.2, 0.25) is 0 Å². The molecule has 8 heteroatoms. The Bertz CT molecular complexity index is 974. The molecule has 0 unspecified atom stereocenters. The van der Waals surface area contributed by atoms with E-state index in [0.29, 0.717) is 22.2 Å². The van der Waals surface area contributed by atoms with Crippen LogP contribution in [0.15, 0.2) is 48.8 Å². The summed E-state index contributed by atoms with van der Waals surface area (Å²) in [5.74, 6) is 0.392. The van der Waals surface area contributed by atoms with Crippen molar-refractivity contribution in [3.63, 3.8) is 0 Å². The summed E-state index contributed by atoms with van der Waals surface area (Å²) < 4.78 is 0. The van der Waals surface area contributed by atoms with Crippen molar-refractivity contribution in [3.05, 3.63) is 70.5 Å². The van der Waals surface area contributed by atoms with E-state index in [1.54, 1.807) is 24.3 Å². The number of carbonyl (C=O) groups excluding carboxylic acids is 1. The van der Waals surface area contributed by atoms with E-state index >= 15 is 0 Å². The lowest BCUT2D eigenvalue weighted by Crippen LogP contribution is -2.30. The van der Waals surface area contributed by atoms with Crippen molar-refractivity contribution in [2.75, 3.05) is 16.5 Å². The lowest BCUT2D eigenvalue weighted by Gasteiger charge is -2.14. The molecular weight excluding hydrogens is 364 g/mol. The largest absolute Gasteiger partial charge is 0.393 e. The number of anilines is 4. The minimum atomic E-state index is -0.339. The Morgan fingerprint density at radius 2 is 1.70 bits per heavy atom. The molecule has 1 aromatic heterocycles. The van der Waals surface area contributed by atoms with Crippen molar-refractivity contribution in [3.8, 4) is 0 Å². The lowest BCUT2D eigenvalue weighted by molar-refractivity contribution is 0.0962. The second-order valence-electron chi connectivity index (χ2n) is 5.99. The minimum absolute atomic E-state index is 0.284. The number of amides is 1. The summed E-state index contributed by atoms with van der Waals surface area (Å²) in [4.78, 5) is 20.4. The first-order valence-corrected chi connectivity index (χ1v) is 8.58. The number of nitrogens with two attached hydrogens (primary N) is 1. The Morgan fingerprint density at radius 3 is 2.41 bits per heavy atom. The number of nitrogens with zero attached hydrogens (tertiary/aromatic N) is 2. The number of carbonyl (C=O) groups is 1. The molecule has 1 heterocycles. The lowest BCUT2D eigenvalue weighted by atomic mass is 10.1. The van der Waals surface area contributed by atoms with Gasteiger partial charge in [0, 0.05) is 16.3 Å². The van der Waals surface area contributed by atoms with Gasteiger partial charge in [-0.1, -0.05) is 17.7 Å². The highest BCUT2D eigenvalue weighted by Crippen LogP contribution is 2.26. The molecule has 3 aromatic rings. The van der Waals surface area contributed by atoms with Crippen LogP contribution in [-0.4, -0.2) is 15.9 Å². The number of halogens is 1. The van der Waals surface area contributed by atoms with Crippen molar-refractivity contribution in [2.24, 2.45) is 0 Å². The van der Waals surface area contributed by atoms with Gasteiger partial charge in [0.05, 0.1) is 0 Å². The van der Waals surface area contributed by atoms with E-state index in [1.165, 1.54) is 11.9 Å². The molecule has 0 atom stereocenters. The number of hydrogen-bond acceptors (Lipinski definition) is 6. The van der Waals surface area contributed by atoms with E-state index in [1.807, 2.05) is 32.0 Å². The maximum atomic E-state index is 12.2. The zero-order valence-corrected chi connectivity index (χ0v) is 15.6. The highest BCUT2D eigenvalue weighted by atomic mass is 35.5. The standard InChI is InChI=1S/C19H19ClN6O/c1-11-3-8-15(9-12(11)2)24-17-16(21)18(23-10-22-17)25-26-19(27)13-4-6-14(20)7-5-13/h3-10H,21H2,1-2H3,(H,26,27)(H2,22,23,24,25). The number of aryl methyl sites for hydroxylation is 2. The van der Waals surface area contributed by atoms with E-state index in [0.717, 1.165) is 11.3 Å².